The van der Waals surface area contributed by atoms with Crippen molar-refractivity contribution in [3.05, 3.63) is 35.4 Å². The highest BCUT2D eigenvalue weighted by Gasteiger charge is 2.40. The zero-order valence-corrected chi connectivity index (χ0v) is 14.8. The van der Waals surface area contributed by atoms with E-state index >= 15 is 0 Å². The van der Waals surface area contributed by atoms with Gasteiger partial charge >= 0.3 is 0 Å². The number of rotatable bonds is 2. The molecule has 1 N–H and O–H groups in total. The molecule has 0 bridgehead atoms. The summed E-state index contributed by atoms with van der Waals surface area (Å²) in [5.41, 5.74) is 2.43. The minimum Gasteiger partial charge on any atom is -0.314 e. The smallest absolute Gasteiger partial charge is 0.282 e. The van der Waals surface area contributed by atoms with Crippen LogP contribution in [0.25, 0.3) is 0 Å². The van der Waals surface area contributed by atoms with Crippen LogP contribution in [0.3, 0.4) is 0 Å². The first-order valence-electron chi connectivity index (χ1n) is 8.20. The van der Waals surface area contributed by atoms with Gasteiger partial charge < -0.3 is 5.32 Å². The number of benzene rings is 1. The molecule has 2 fully saturated rings. The highest BCUT2D eigenvalue weighted by molar-refractivity contribution is 7.86. The predicted octanol–water partition coefficient (Wildman–Crippen LogP) is 1.40. The van der Waals surface area contributed by atoms with E-state index in [4.69, 9.17) is 0 Å². The summed E-state index contributed by atoms with van der Waals surface area (Å²) in [6, 6.07) is 8.69. The molecule has 2 unspecified atom stereocenters. The van der Waals surface area contributed by atoms with Crippen LogP contribution in [0.4, 0.5) is 0 Å². The molecule has 0 radical (unpaired) electrons. The summed E-state index contributed by atoms with van der Waals surface area (Å²) in [5.74, 6) is 0.487. The number of hydrogen-bond donors (Lipinski definition) is 1. The number of nitrogens with zero attached hydrogens (tertiary/aromatic N) is 2. The molecule has 23 heavy (non-hydrogen) atoms. The zero-order valence-electron chi connectivity index (χ0n) is 13.1. The Morgan fingerprint density at radius 3 is 2.65 bits per heavy atom. The van der Waals surface area contributed by atoms with E-state index in [-0.39, 0.29) is 12.4 Å². The summed E-state index contributed by atoms with van der Waals surface area (Å²) in [5, 5.41) is 3.49. The van der Waals surface area contributed by atoms with Gasteiger partial charge in [-0.3, -0.25) is 0 Å². The van der Waals surface area contributed by atoms with E-state index < -0.39 is 10.2 Å². The van der Waals surface area contributed by atoms with E-state index in [0.29, 0.717) is 38.1 Å². The molecule has 7 heteroatoms. The summed E-state index contributed by atoms with van der Waals surface area (Å²) in [6.07, 6.45) is 2.85. The molecule has 0 aliphatic carbocycles. The third-order valence-electron chi connectivity index (χ3n) is 5.37. The number of hydrogen-bond acceptors (Lipinski definition) is 3. The van der Waals surface area contributed by atoms with E-state index in [1.165, 1.54) is 5.56 Å². The van der Waals surface area contributed by atoms with Crippen molar-refractivity contribution in [3.63, 3.8) is 0 Å². The molecular formula is C16H24ClN3O2S. The van der Waals surface area contributed by atoms with Gasteiger partial charge in [0.2, 0.25) is 0 Å². The normalized spacial score (nSPS) is 28.7. The summed E-state index contributed by atoms with van der Waals surface area (Å²) < 4.78 is 29.3. The largest absolute Gasteiger partial charge is 0.314 e. The van der Waals surface area contributed by atoms with Crippen LogP contribution >= 0.6 is 12.4 Å². The zero-order chi connectivity index (χ0) is 15.2. The maximum absolute atomic E-state index is 13.0. The summed E-state index contributed by atoms with van der Waals surface area (Å²) in [7, 11) is -3.33. The molecule has 3 aliphatic heterocycles. The molecule has 1 aromatic carbocycles. The lowest BCUT2D eigenvalue weighted by Crippen LogP contribution is -2.52. The quantitative estimate of drug-likeness (QED) is 0.870. The van der Waals surface area contributed by atoms with E-state index in [2.05, 4.69) is 11.4 Å². The number of nitrogens with one attached hydrogen (secondary N) is 1. The van der Waals surface area contributed by atoms with Crippen LogP contribution in [0.15, 0.2) is 24.3 Å². The van der Waals surface area contributed by atoms with E-state index in [1.54, 1.807) is 8.61 Å². The third kappa shape index (κ3) is 3.15. The van der Waals surface area contributed by atoms with E-state index in [1.807, 2.05) is 18.2 Å². The van der Waals surface area contributed by atoms with Crippen molar-refractivity contribution in [2.24, 2.45) is 5.92 Å². The first-order chi connectivity index (χ1) is 10.6. The highest BCUT2D eigenvalue weighted by atomic mass is 35.5. The molecule has 128 valence electrons. The second-order valence-electron chi connectivity index (χ2n) is 6.62. The molecule has 2 saturated heterocycles. The van der Waals surface area contributed by atoms with Crippen LogP contribution in [0, 0.1) is 5.92 Å². The Bertz CT molecular complexity index is 667. The van der Waals surface area contributed by atoms with Crippen molar-refractivity contribution in [1.82, 2.24) is 13.9 Å². The van der Waals surface area contributed by atoms with Gasteiger partial charge in [-0.1, -0.05) is 24.3 Å². The Hall–Kier alpha value is -0.660. The Labute approximate surface area is 144 Å². The first kappa shape index (κ1) is 17.2. The molecule has 2 atom stereocenters. The number of halogens is 1. The van der Waals surface area contributed by atoms with Gasteiger partial charge in [-0.25, -0.2) is 0 Å². The summed E-state index contributed by atoms with van der Waals surface area (Å²) in [4.78, 5) is 0. The van der Waals surface area contributed by atoms with Gasteiger partial charge in [-0.2, -0.15) is 17.0 Å². The fourth-order valence-electron chi connectivity index (χ4n) is 4.05. The summed E-state index contributed by atoms with van der Waals surface area (Å²) >= 11 is 0. The molecule has 4 rings (SSSR count). The second kappa shape index (κ2) is 6.69. The minimum atomic E-state index is -3.33. The standard InChI is InChI=1S/C16H23N3O2S.ClH/c20-22(21,19-10-7-16-15(12-19)5-8-17-16)18-9-6-13-3-1-2-4-14(13)11-18;/h1-4,15-17H,5-12H2;1H. The summed E-state index contributed by atoms with van der Waals surface area (Å²) in [6.45, 7) is 3.47. The lowest BCUT2D eigenvalue weighted by Gasteiger charge is -2.38. The van der Waals surface area contributed by atoms with Crippen LogP contribution in [-0.4, -0.2) is 49.2 Å². The van der Waals surface area contributed by atoms with Gasteiger partial charge in [0, 0.05) is 32.2 Å². The molecular weight excluding hydrogens is 334 g/mol. The SMILES string of the molecule is Cl.O=S(=O)(N1CCc2ccccc2C1)N1CCC2NCCC2C1. The molecule has 0 aromatic heterocycles. The molecule has 0 saturated carbocycles. The van der Waals surface area contributed by atoms with Gasteiger partial charge in [0.15, 0.2) is 0 Å². The van der Waals surface area contributed by atoms with Gasteiger partial charge in [-0.05, 0) is 42.9 Å². The average Bonchev–Trinajstić information content (AvgIpc) is 3.02. The van der Waals surface area contributed by atoms with Gasteiger partial charge in [0.25, 0.3) is 10.2 Å². The predicted molar refractivity (Wildman–Crippen MR) is 92.8 cm³/mol. The van der Waals surface area contributed by atoms with E-state index in [0.717, 1.165) is 31.4 Å². The van der Waals surface area contributed by atoms with Crippen LogP contribution in [0.2, 0.25) is 0 Å². The van der Waals surface area contributed by atoms with Crippen molar-refractivity contribution in [1.29, 1.82) is 0 Å². The fourth-order valence-corrected chi connectivity index (χ4v) is 5.72. The van der Waals surface area contributed by atoms with Crippen LogP contribution in [-0.2, 0) is 23.2 Å². The fraction of sp³-hybridized carbons (Fsp3) is 0.625. The molecule has 3 aliphatic rings. The average molecular weight is 358 g/mol. The molecule has 0 amide bonds. The Morgan fingerprint density at radius 1 is 1.04 bits per heavy atom. The lowest BCUT2D eigenvalue weighted by molar-refractivity contribution is 0.228. The van der Waals surface area contributed by atoms with Crippen molar-refractivity contribution in [2.45, 2.75) is 31.8 Å². The highest BCUT2D eigenvalue weighted by Crippen LogP contribution is 2.29. The van der Waals surface area contributed by atoms with Crippen LogP contribution < -0.4 is 5.32 Å². The first-order valence-corrected chi connectivity index (χ1v) is 9.60. The Morgan fingerprint density at radius 2 is 1.83 bits per heavy atom. The second-order valence-corrected chi connectivity index (χ2v) is 8.54. The Kier molecular flexibility index (Phi) is 4.99. The molecule has 0 spiro atoms. The van der Waals surface area contributed by atoms with E-state index in [9.17, 15) is 8.42 Å². The van der Waals surface area contributed by atoms with Gasteiger partial charge in [-0.15, -0.1) is 12.4 Å². The van der Waals surface area contributed by atoms with Crippen LogP contribution in [0.1, 0.15) is 24.0 Å². The molecule has 3 heterocycles. The van der Waals surface area contributed by atoms with Crippen molar-refractivity contribution in [2.75, 3.05) is 26.2 Å². The molecule has 1 aromatic rings. The molecule has 5 nitrogen and oxygen atoms in total. The van der Waals surface area contributed by atoms with Gasteiger partial charge in [0.1, 0.15) is 0 Å². The van der Waals surface area contributed by atoms with Crippen LogP contribution in [0.5, 0.6) is 0 Å². The van der Waals surface area contributed by atoms with Crippen molar-refractivity contribution >= 4 is 22.6 Å². The van der Waals surface area contributed by atoms with Gasteiger partial charge in [0.05, 0.1) is 0 Å². The third-order valence-corrected chi connectivity index (χ3v) is 7.32. The maximum atomic E-state index is 13.0. The lowest BCUT2D eigenvalue weighted by atomic mass is 9.95. The number of fused-ring (bicyclic) bond motifs is 2. The van der Waals surface area contributed by atoms with Crippen molar-refractivity contribution in [3.8, 4) is 0 Å². The minimum absolute atomic E-state index is 0. The topological polar surface area (TPSA) is 52.7 Å². The monoisotopic (exact) mass is 357 g/mol. The maximum Gasteiger partial charge on any atom is 0.282 e. The Balaban J connectivity index is 0.00000156. The number of piperidine rings is 1. The van der Waals surface area contributed by atoms with Crippen molar-refractivity contribution < 1.29 is 8.42 Å².